The number of hydrogen-bond acceptors (Lipinski definition) is 7. The first kappa shape index (κ1) is 23.0. The molecular formula is C16H27NO7P2. The maximum Gasteiger partial charge on any atom is 0.373 e. The van der Waals surface area contributed by atoms with Gasteiger partial charge >= 0.3 is 15.2 Å². The van der Waals surface area contributed by atoms with Crippen molar-refractivity contribution in [2.75, 3.05) is 26.4 Å². The van der Waals surface area contributed by atoms with Crippen molar-refractivity contribution < 1.29 is 32.0 Å². The van der Waals surface area contributed by atoms with E-state index in [4.69, 9.17) is 18.1 Å². The summed E-state index contributed by atoms with van der Waals surface area (Å²) < 4.78 is 49.5. The predicted molar refractivity (Wildman–Crippen MR) is 99.0 cm³/mol. The zero-order valence-electron chi connectivity index (χ0n) is 15.5. The molecule has 1 amide bonds. The summed E-state index contributed by atoms with van der Waals surface area (Å²) in [5.74, 6) is 0. The van der Waals surface area contributed by atoms with Crippen molar-refractivity contribution >= 4 is 21.6 Å². The standard InChI is InChI=1S/C16H27NO7P2/c1-5-21-25(19,22-6-2)16(17-14-18,15-12-10-9-11-13-15)26(20,23-7-3)24-8-4/h9-14H,5-8H2,1-4H3,(H,17,18). The molecule has 0 aliphatic heterocycles. The van der Waals surface area contributed by atoms with Crippen LogP contribution in [-0.2, 0) is 37.0 Å². The second-order valence-corrected chi connectivity index (χ2v) is 9.68. The Morgan fingerprint density at radius 3 is 1.54 bits per heavy atom. The molecule has 0 unspecified atom stereocenters. The number of carbonyl (C=O) groups excluding carboxylic acids is 1. The first-order valence-electron chi connectivity index (χ1n) is 8.46. The van der Waals surface area contributed by atoms with E-state index >= 15 is 0 Å². The van der Waals surface area contributed by atoms with Gasteiger partial charge < -0.3 is 23.4 Å². The molecule has 0 aliphatic carbocycles. The summed E-state index contributed by atoms with van der Waals surface area (Å²) in [4.78, 5) is 11.5. The fraction of sp³-hybridized carbons (Fsp3) is 0.562. The van der Waals surface area contributed by atoms with Gasteiger partial charge in [-0.3, -0.25) is 13.9 Å². The van der Waals surface area contributed by atoms with E-state index in [1.54, 1.807) is 58.0 Å². The van der Waals surface area contributed by atoms with Crippen LogP contribution in [0.3, 0.4) is 0 Å². The summed E-state index contributed by atoms with van der Waals surface area (Å²) in [7, 11) is -8.47. The number of nitrogens with one attached hydrogen (secondary N) is 1. The quantitative estimate of drug-likeness (QED) is 0.388. The summed E-state index contributed by atoms with van der Waals surface area (Å²) in [6.45, 7) is 6.50. The van der Waals surface area contributed by atoms with Crippen molar-refractivity contribution in [3.63, 3.8) is 0 Å². The van der Waals surface area contributed by atoms with Gasteiger partial charge in [-0.05, 0) is 27.7 Å². The maximum atomic E-state index is 13.8. The van der Waals surface area contributed by atoms with Crippen molar-refractivity contribution in [1.29, 1.82) is 0 Å². The molecule has 0 saturated carbocycles. The number of hydrogen-bond donors (Lipinski definition) is 1. The molecule has 8 nitrogen and oxygen atoms in total. The summed E-state index contributed by atoms with van der Waals surface area (Å²) >= 11 is 0. The van der Waals surface area contributed by atoms with Gasteiger partial charge in [-0.15, -0.1) is 0 Å². The molecule has 1 N–H and O–H groups in total. The van der Waals surface area contributed by atoms with Gasteiger partial charge in [0, 0.05) is 5.56 Å². The summed E-state index contributed by atoms with van der Waals surface area (Å²) in [5, 5.41) is 0.288. The first-order chi connectivity index (χ1) is 12.4. The zero-order chi connectivity index (χ0) is 19.7. The fourth-order valence-electron chi connectivity index (χ4n) is 2.59. The Morgan fingerprint density at radius 2 is 1.23 bits per heavy atom. The van der Waals surface area contributed by atoms with Crippen LogP contribution < -0.4 is 5.32 Å². The van der Waals surface area contributed by atoms with E-state index in [1.165, 1.54) is 0 Å². The van der Waals surface area contributed by atoms with Crippen molar-refractivity contribution in [3.8, 4) is 0 Å². The minimum atomic E-state index is -4.24. The summed E-state index contributed by atoms with van der Waals surface area (Å²) in [6.07, 6.45) is 0.294. The van der Waals surface area contributed by atoms with Crippen LogP contribution in [0.2, 0.25) is 0 Å². The molecule has 0 saturated heterocycles. The third kappa shape index (κ3) is 4.28. The minimum Gasteiger partial charge on any atom is -0.329 e. The van der Waals surface area contributed by atoms with Crippen LogP contribution in [0, 0.1) is 0 Å². The Hall–Kier alpha value is -1.01. The molecule has 0 atom stereocenters. The average Bonchev–Trinajstić information content (AvgIpc) is 2.61. The molecule has 0 bridgehead atoms. The average molecular weight is 407 g/mol. The lowest BCUT2D eigenvalue weighted by Gasteiger charge is -2.41. The number of carbonyl (C=O) groups is 1. The molecule has 0 heterocycles. The summed E-state index contributed by atoms with van der Waals surface area (Å²) in [6, 6.07) is 8.16. The molecule has 10 heteroatoms. The number of rotatable bonds is 13. The second kappa shape index (κ2) is 10.4. The van der Waals surface area contributed by atoms with Gasteiger partial charge in [0.05, 0.1) is 26.4 Å². The van der Waals surface area contributed by atoms with Crippen LogP contribution in [-0.4, -0.2) is 32.8 Å². The monoisotopic (exact) mass is 407 g/mol. The number of amides is 1. The van der Waals surface area contributed by atoms with E-state index in [0.717, 1.165) is 0 Å². The Kier molecular flexibility index (Phi) is 9.17. The molecule has 148 valence electrons. The van der Waals surface area contributed by atoms with Crippen molar-refractivity contribution in [3.05, 3.63) is 35.9 Å². The van der Waals surface area contributed by atoms with E-state index < -0.39 is 20.2 Å². The van der Waals surface area contributed by atoms with Gasteiger partial charge in [-0.1, -0.05) is 30.3 Å². The van der Waals surface area contributed by atoms with Gasteiger partial charge in [0.2, 0.25) is 6.41 Å². The molecule has 0 spiro atoms. The third-order valence-electron chi connectivity index (χ3n) is 3.43. The van der Waals surface area contributed by atoms with Crippen LogP contribution in [0.5, 0.6) is 0 Å². The van der Waals surface area contributed by atoms with E-state index in [9.17, 15) is 13.9 Å². The third-order valence-corrected chi connectivity index (χ3v) is 9.65. The van der Waals surface area contributed by atoms with Gasteiger partial charge in [0.15, 0.2) is 0 Å². The largest absolute Gasteiger partial charge is 0.373 e. The highest BCUT2D eigenvalue weighted by atomic mass is 31.2. The first-order valence-corrected chi connectivity index (χ1v) is 11.5. The number of benzene rings is 1. The van der Waals surface area contributed by atoms with Crippen LogP contribution >= 0.6 is 15.2 Å². The highest BCUT2D eigenvalue weighted by molar-refractivity contribution is 7.73. The van der Waals surface area contributed by atoms with Gasteiger partial charge in [-0.25, -0.2) is 0 Å². The predicted octanol–water partition coefficient (Wildman–Crippen LogP) is 4.08. The zero-order valence-corrected chi connectivity index (χ0v) is 17.3. The maximum absolute atomic E-state index is 13.8. The molecule has 1 rings (SSSR count). The Morgan fingerprint density at radius 1 is 0.846 bits per heavy atom. The van der Waals surface area contributed by atoms with Gasteiger partial charge in [-0.2, -0.15) is 0 Å². The second-order valence-electron chi connectivity index (χ2n) is 4.97. The highest BCUT2D eigenvalue weighted by Gasteiger charge is 2.67. The smallest absolute Gasteiger partial charge is 0.329 e. The van der Waals surface area contributed by atoms with E-state index in [2.05, 4.69) is 5.32 Å². The molecule has 1 aromatic rings. The Bertz CT molecular complexity index is 603. The molecule has 0 aromatic heterocycles. The molecule has 26 heavy (non-hydrogen) atoms. The topological polar surface area (TPSA) is 100 Å². The van der Waals surface area contributed by atoms with Crippen LogP contribution in [0.4, 0.5) is 0 Å². The van der Waals surface area contributed by atoms with Crippen LogP contribution in [0.1, 0.15) is 33.3 Å². The van der Waals surface area contributed by atoms with Crippen molar-refractivity contribution in [1.82, 2.24) is 5.32 Å². The van der Waals surface area contributed by atoms with Crippen LogP contribution in [0.15, 0.2) is 30.3 Å². The molecule has 0 radical (unpaired) electrons. The molecular weight excluding hydrogens is 380 g/mol. The highest BCUT2D eigenvalue weighted by Crippen LogP contribution is 2.80. The minimum absolute atomic E-state index is 0.00461. The van der Waals surface area contributed by atoms with Gasteiger partial charge in [0.1, 0.15) is 0 Å². The van der Waals surface area contributed by atoms with E-state index in [-0.39, 0.29) is 32.0 Å². The lowest BCUT2D eigenvalue weighted by Crippen LogP contribution is -2.43. The molecule has 0 fully saturated rings. The molecule has 0 aliphatic rings. The van der Waals surface area contributed by atoms with Crippen molar-refractivity contribution in [2.24, 2.45) is 0 Å². The fourth-order valence-corrected chi connectivity index (χ4v) is 8.09. The van der Waals surface area contributed by atoms with E-state index in [1.807, 2.05) is 0 Å². The SMILES string of the molecule is CCOP(=O)(OCC)C(NC=O)(c1ccccc1)P(=O)(OCC)OCC. The Labute approximate surface area is 154 Å². The van der Waals surface area contributed by atoms with Crippen molar-refractivity contribution in [2.45, 2.75) is 32.7 Å². The van der Waals surface area contributed by atoms with E-state index in [0.29, 0.717) is 6.41 Å². The lowest BCUT2D eigenvalue weighted by molar-refractivity contribution is -0.110. The molecule has 1 aromatic carbocycles. The summed E-state index contributed by atoms with van der Waals surface area (Å²) in [5.41, 5.74) is 0.238. The Balaban J connectivity index is 3.90. The lowest BCUT2D eigenvalue weighted by atomic mass is 10.2. The normalized spacial score (nSPS) is 12.8. The van der Waals surface area contributed by atoms with Gasteiger partial charge in [0.25, 0.3) is 5.02 Å². The van der Waals surface area contributed by atoms with Crippen LogP contribution in [0.25, 0.3) is 0 Å².